The minimum Gasteiger partial charge on any atom is -0.332 e. The van der Waals surface area contributed by atoms with Crippen LogP contribution in [0.5, 0.6) is 0 Å². The van der Waals surface area contributed by atoms with E-state index in [2.05, 4.69) is 21.6 Å². The summed E-state index contributed by atoms with van der Waals surface area (Å²) in [6.45, 7) is 4.02. The molecule has 96 valence electrons. The van der Waals surface area contributed by atoms with Gasteiger partial charge < -0.3 is 4.98 Å². The van der Waals surface area contributed by atoms with Crippen LogP contribution in [0.3, 0.4) is 0 Å². The first kappa shape index (κ1) is 12.6. The van der Waals surface area contributed by atoms with Crippen LogP contribution >= 0.6 is 0 Å². The first-order valence-electron chi connectivity index (χ1n) is 6.09. The lowest BCUT2D eigenvalue weighted by Crippen LogP contribution is -2.36. The molecule has 1 heterocycles. The summed E-state index contributed by atoms with van der Waals surface area (Å²) in [5.74, 6) is 1.11. The van der Waals surface area contributed by atoms with Gasteiger partial charge in [-0.3, -0.25) is 0 Å². The zero-order valence-electron chi connectivity index (χ0n) is 10.2. The molecule has 1 fully saturated rings. The Labute approximate surface area is 102 Å². The number of aromatic nitrogens is 2. The Morgan fingerprint density at radius 3 is 2.82 bits per heavy atom. The Balaban J connectivity index is 2.13. The summed E-state index contributed by atoms with van der Waals surface area (Å²) >= 11 is 0. The van der Waals surface area contributed by atoms with Gasteiger partial charge in [0.2, 0.25) is 0 Å². The fraction of sp³-hybridized carbons (Fsp3) is 0.727. The standard InChI is InChI=1S/C11H19N3O2S/c1-3-10-12-7-11(13-10)17(15,16)14-9-6-4-5-8(9)2/h7-9,14H,3-6H2,1-2H3,(H,12,13). The first-order chi connectivity index (χ1) is 8.03. The van der Waals surface area contributed by atoms with Crippen LogP contribution in [0.4, 0.5) is 0 Å². The molecule has 6 heteroatoms. The van der Waals surface area contributed by atoms with Gasteiger partial charge in [0, 0.05) is 12.5 Å². The molecule has 1 aromatic rings. The number of imidazole rings is 1. The van der Waals surface area contributed by atoms with Gasteiger partial charge >= 0.3 is 0 Å². The molecule has 0 amide bonds. The van der Waals surface area contributed by atoms with Gasteiger partial charge in [0.05, 0.1) is 6.20 Å². The third-order valence-corrected chi connectivity index (χ3v) is 4.80. The molecule has 0 radical (unpaired) electrons. The number of aryl methyl sites for hydroxylation is 1. The molecule has 1 aliphatic rings. The number of aromatic amines is 1. The second-order valence-corrected chi connectivity index (χ2v) is 6.37. The quantitative estimate of drug-likeness (QED) is 0.857. The van der Waals surface area contributed by atoms with E-state index in [1.54, 1.807) is 0 Å². The molecule has 1 saturated carbocycles. The van der Waals surface area contributed by atoms with Crippen molar-refractivity contribution in [1.29, 1.82) is 0 Å². The number of nitrogens with zero attached hydrogens (tertiary/aromatic N) is 1. The number of hydrogen-bond donors (Lipinski definition) is 2. The fourth-order valence-electron chi connectivity index (χ4n) is 2.24. The van der Waals surface area contributed by atoms with Gasteiger partial charge in [-0.2, -0.15) is 0 Å². The van der Waals surface area contributed by atoms with Gasteiger partial charge in [0.15, 0.2) is 5.03 Å². The number of hydrogen-bond acceptors (Lipinski definition) is 3. The molecule has 0 aliphatic heterocycles. The maximum absolute atomic E-state index is 12.1. The highest BCUT2D eigenvalue weighted by atomic mass is 32.2. The minimum atomic E-state index is -3.43. The van der Waals surface area contributed by atoms with Crippen LogP contribution in [-0.4, -0.2) is 24.4 Å². The van der Waals surface area contributed by atoms with Gasteiger partial charge in [-0.1, -0.05) is 20.3 Å². The third kappa shape index (κ3) is 2.69. The van der Waals surface area contributed by atoms with Gasteiger partial charge in [-0.05, 0) is 18.8 Å². The van der Waals surface area contributed by atoms with Crippen molar-refractivity contribution in [3.63, 3.8) is 0 Å². The van der Waals surface area contributed by atoms with Crippen molar-refractivity contribution in [3.8, 4) is 0 Å². The van der Waals surface area contributed by atoms with Gasteiger partial charge in [0.1, 0.15) is 5.82 Å². The second-order valence-electron chi connectivity index (χ2n) is 4.68. The van der Waals surface area contributed by atoms with Crippen molar-refractivity contribution >= 4 is 10.0 Å². The Bertz CT molecular complexity index is 481. The molecule has 0 spiro atoms. The molecule has 2 atom stereocenters. The van der Waals surface area contributed by atoms with Gasteiger partial charge in [0.25, 0.3) is 10.0 Å². The van der Waals surface area contributed by atoms with E-state index in [0.29, 0.717) is 18.2 Å². The Morgan fingerprint density at radius 1 is 1.53 bits per heavy atom. The molecule has 1 aliphatic carbocycles. The van der Waals surface area contributed by atoms with Crippen LogP contribution in [0.15, 0.2) is 11.2 Å². The molecule has 0 bridgehead atoms. The molecule has 2 unspecified atom stereocenters. The van der Waals surface area contributed by atoms with Crippen molar-refractivity contribution in [2.45, 2.75) is 50.6 Å². The number of nitrogens with one attached hydrogen (secondary N) is 2. The predicted octanol–water partition coefficient (Wildman–Crippen LogP) is 1.44. The molecule has 0 saturated heterocycles. The largest absolute Gasteiger partial charge is 0.332 e. The zero-order chi connectivity index (χ0) is 12.5. The van der Waals surface area contributed by atoms with Crippen molar-refractivity contribution in [1.82, 2.24) is 14.7 Å². The van der Waals surface area contributed by atoms with Gasteiger partial charge in [-0.15, -0.1) is 0 Å². The highest BCUT2D eigenvalue weighted by Gasteiger charge is 2.29. The fourth-order valence-corrected chi connectivity index (χ4v) is 3.56. The maximum Gasteiger partial charge on any atom is 0.257 e. The van der Waals surface area contributed by atoms with E-state index in [0.717, 1.165) is 19.3 Å². The van der Waals surface area contributed by atoms with Crippen LogP contribution < -0.4 is 4.72 Å². The first-order valence-corrected chi connectivity index (χ1v) is 7.57. The Morgan fingerprint density at radius 2 is 2.29 bits per heavy atom. The molecule has 2 rings (SSSR count). The van der Waals surface area contributed by atoms with Crippen molar-refractivity contribution in [2.75, 3.05) is 0 Å². The van der Waals surface area contributed by atoms with Crippen LogP contribution in [-0.2, 0) is 16.4 Å². The molecule has 5 nitrogen and oxygen atoms in total. The van der Waals surface area contributed by atoms with E-state index in [9.17, 15) is 8.42 Å². The molecule has 0 aromatic carbocycles. The maximum atomic E-state index is 12.1. The molecular formula is C11H19N3O2S. The van der Waals surface area contributed by atoms with Crippen LogP contribution in [0, 0.1) is 5.92 Å². The van der Waals surface area contributed by atoms with E-state index >= 15 is 0 Å². The average Bonchev–Trinajstić information content (AvgIpc) is 2.88. The highest BCUT2D eigenvalue weighted by Crippen LogP contribution is 2.26. The molecule has 17 heavy (non-hydrogen) atoms. The van der Waals surface area contributed by atoms with E-state index in [1.807, 2.05) is 6.92 Å². The number of sulfonamides is 1. The van der Waals surface area contributed by atoms with Crippen molar-refractivity contribution in [2.24, 2.45) is 5.92 Å². The molecule has 1 aromatic heterocycles. The van der Waals surface area contributed by atoms with Crippen LogP contribution in [0.1, 0.15) is 38.9 Å². The SMILES string of the molecule is CCc1ncc(S(=O)(=O)NC2CCCC2C)[nH]1. The lowest BCUT2D eigenvalue weighted by atomic mass is 10.1. The number of H-pyrrole nitrogens is 1. The summed E-state index contributed by atoms with van der Waals surface area (Å²) in [5, 5.41) is 0.174. The van der Waals surface area contributed by atoms with Crippen LogP contribution in [0.25, 0.3) is 0 Å². The van der Waals surface area contributed by atoms with E-state index < -0.39 is 10.0 Å². The zero-order valence-corrected chi connectivity index (χ0v) is 11.0. The van der Waals surface area contributed by atoms with E-state index in [4.69, 9.17) is 0 Å². The lowest BCUT2D eigenvalue weighted by molar-refractivity contribution is 0.475. The Kier molecular flexibility index (Phi) is 3.53. The second kappa shape index (κ2) is 4.78. The smallest absolute Gasteiger partial charge is 0.257 e. The van der Waals surface area contributed by atoms with Crippen molar-refractivity contribution in [3.05, 3.63) is 12.0 Å². The molecule has 2 N–H and O–H groups in total. The minimum absolute atomic E-state index is 0.0633. The average molecular weight is 257 g/mol. The van der Waals surface area contributed by atoms with Crippen LogP contribution in [0.2, 0.25) is 0 Å². The normalized spacial score (nSPS) is 25.3. The summed E-state index contributed by atoms with van der Waals surface area (Å²) in [6.07, 6.45) is 5.21. The summed E-state index contributed by atoms with van der Waals surface area (Å²) < 4.78 is 26.9. The summed E-state index contributed by atoms with van der Waals surface area (Å²) in [5.41, 5.74) is 0. The van der Waals surface area contributed by atoms with Crippen molar-refractivity contribution < 1.29 is 8.42 Å². The van der Waals surface area contributed by atoms with Gasteiger partial charge in [-0.25, -0.2) is 18.1 Å². The lowest BCUT2D eigenvalue weighted by Gasteiger charge is -2.16. The monoisotopic (exact) mass is 257 g/mol. The summed E-state index contributed by atoms with van der Waals surface area (Å²) in [6, 6.07) is 0.0633. The van der Waals surface area contributed by atoms with E-state index in [1.165, 1.54) is 6.20 Å². The molecular weight excluding hydrogens is 238 g/mol. The summed E-state index contributed by atoms with van der Waals surface area (Å²) in [7, 11) is -3.43. The summed E-state index contributed by atoms with van der Waals surface area (Å²) in [4.78, 5) is 6.85. The highest BCUT2D eigenvalue weighted by molar-refractivity contribution is 7.89. The predicted molar refractivity (Wildman–Crippen MR) is 65.1 cm³/mol. The third-order valence-electron chi connectivity index (χ3n) is 3.40. The Hall–Kier alpha value is -0.880. The topological polar surface area (TPSA) is 74.8 Å². The number of rotatable bonds is 4. The van der Waals surface area contributed by atoms with E-state index in [-0.39, 0.29) is 11.1 Å².